The Hall–Kier alpha value is -1.42. The predicted octanol–water partition coefficient (Wildman–Crippen LogP) is 2.09. The van der Waals surface area contributed by atoms with E-state index in [0.717, 1.165) is 18.4 Å². The first-order valence-electron chi connectivity index (χ1n) is 6.40. The zero-order valence-electron chi connectivity index (χ0n) is 10.8. The fourth-order valence-corrected chi connectivity index (χ4v) is 2.26. The number of amides is 1. The summed E-state index contributed by atoms with van der Waals surface area (Å²) >= 11 is 0. The van der Waals surface area contributed by atoms with E-state index in [1.54, 1.807) is 11.0 Å². The Balaban J connectivity index is 2.23. The van der Waals surface area contributed by atoms with Crippen LogP contribution in [0.1, 0.15) is 25.8 Å². The largest absolute Gasteiger partial charge is 0.320 e. The summed E-state index contributed by atoms with van der Waals surface area (Å²) in [5.74, 6) is -0.283. The summed E-state index contributed by atoms with van der Waals surface area (Å²) in [5.41, 5.74) is 7.66. The van der Waals surface area contributed by atoms with E-state index in [1.807, 2.05) is 13.8 Å². The van der Waals surface area contributed by atoms with Crippen LogP contribution in [0, 0.1) is 11.7 Å². The first-order valence-corrected chi connectivity index (χ1v) is 6.40. The third-order valence-electron chi connectivity index (χ3n) is 3.75. The van der Waals surface area contributed by atoms with E-state index in [-0.39, 0.29) is 17.6 Å². The number of benzene rings is 1. The number of fused-ring (bicyclic) bond motifs is 1. The molecule has 1 aliphatic heterocycles. The summed E-state index contributed by atoms with van der Waals surface area (Å²) in [4.78, 5) is 13.9. The minimum absolute atomic E-state index is 0.103. The highest BCUT2D eigenvalue weighted by Crippen LogP contribution is 2.29. The predicted molar refractivity (Wildman–Crippen MR) is 69.9 cm³/mol. The molecule has 3 nitrogen and oxygen atoms in total. The molecule has 0 saturated carbocycles. The summed E-state index contributed by atoms with van der Waals surface area (Å²) in [6, 6.07) is 4.08. The van der Waals surface area contributed by atoms with Crippen molar-refractivity contribution in [3.05, 3.63) is 29.6 Å². The van der Waals surface area contributed by atoms with Crippen LogP contribution in [0.2, 0.25) is 0 Å². The molecule has 0 unspecified atom stereocenters. The lowest BCUT2D eigenvalue weighted by atomic mass is 9.99. The highest BCUT2D eigenvalue weighted by atomic mass is 19.1. The molecular formula is C14H19FN2O. The average molecular weight is 250 g/mol. The quantitative estimate of drug-likeness (QED) is 0.892. The van der Waals surface area contributed by atoms with Crippen LogP contribution in [0.5, 0.6) is 0 Å². The van der Waals surface area contributed by atoms with E-state index < -0.39 is 6.04 Å². The number of halogens is 1. The van der Waals surface area contributed by atoms with Crippen LogP contribution in [0.4, 0.5) is 10.1 Å². The normalized spacial score (nSPS) is 17.4. The van der Waals surface area contributed by atoms with E-state index in [9.17, 15) is 9.18 Å². The fourth-order valence-electron chi connectivity index (χ4n) is 2.26. The first-order chi connectivity index (χ1) is 8.54. The molecule has 4 heteroatoms. The molecular weight excluding hydrogens is 231 g/mol. The third kappa shape index (κ3) is 2.25. The van der Waals surface area contributed by atoms with Crippen molar-refractivity contribution in [3.8, 4) is 0 Å². The van der Waals surface area contributed by atoms with Crippen molar-refractivity contribution in [2.75, 3.05) is 11.4 Å². The highest BCUT2D eigenvalue weighted by Gasteiger charge is 2.30. The number of carbonyl (C=O) groups excluding carboxylic acids is 1. The molecule has 0 aliphatic carbocycles. The van der Waals surface area contributed by atoms with Gasteiger partial charge < -0.3 is 10.6 Å². The number of rotatable bonds is 3. The van der Waals surface area contributed by atoms with Crippen LogP contribution in [-0.4, -0.2) is 18.5 Å². The van der Waals surface area contributed by atoms with E-state index in [2.05, 4.69) is 0 Å². The molecule has 1 amide bonds. The van der Waals surface area contributed by atoms with Crippen molar-refractivity contribution < 1.29 is 9.18 Å². The Morgan fingerprint density at radius 1 is 1.56 bits per heavy atom. The molecule has 1 aromatic carbocycles. The van der Waals surface area contributed by atoms with Gasteiger partial charge in [-0.2, -0.15) is 0 Å². The van der Waals surface area contributed by atoms with Crippen LogP contribution in [0.25, 0.3) is 0 Å². The second kappa shape index (κ2) is 5.06. The topological polar surface area (TPSA) is 46.3 Å². The maximum absolute atomic E-state index is 13.3. The molecule has 1 heterocycles. The third-order valence-corrected chi connectivity index (χ3v) is 3.75. The molecule has 1 aromatic rings. The maximum Gasteiger partial charge on any atom is 0.244 e. The molecule has 1 aliphatic rings. The smallest absolute Gasteiger partial charge is 0.244 e. The van der Waals surface area contributed by atoms with Gasteiger partial charge in [0.25, 0.3) is 0 Å². The fraction of sp³-hybridized carbons (Fsp3) is 0.500. The van der Waals surface area contributed by atoms with E-state index in [1.165, 1.54) is 12.1 Å². The van der Waals surface area contributed by atoms with Gasteiger partial charge in [-0.05, 0) is 30.0 Å². The van der Waals surface area contributed by atoms with Gasteiger partial charge in [-0.3, -0.25) is 4.79 Å². The number of hydrogen-bond donors (Lipinski definition) is 1. The van der Waals surface area contributed by atoms with Crippen molar-refractivity contribution in [2.45, 2.75) is 32.7 Å². The number of hydrogen-bond acceptors (Lipinski definition) is 2. The molecule has 0 spiro atoms. The summed E-state index contributed by atoms with van der Waals surface area (Å²) in [7, 11) is 0. The van der Waals surface area contributed by atoms with Gasteiger partial charge in [0.2, 0.25) is 5.91 Å². The molecule has 0 aromatic heterocycles. The Labute approximate surface area is 107 Å². The second-order valence-corrected chi connectivity index (χ2v) is 4.92. The molecule has 0 fully saturated rings. The molecule has 2 N–H and O–H groups in total. The number of carbonyl (C=O) groups is 1. The van der Waals surface area contributed by atoms with Crippen molar-refractivity contribution in [1.29, 1.82) is 0 Å². The monoisotopic (exact) mass is 250 g/mol. The lowest BCUT2D eigenvalue weighted by Gasteiger charge is -2.24. The number of nitrogens with two attached hydrogens (primary N) is 1. The van der Waals surface area contributed by atoms with E-state index in [0.29, 0.717) is 12.2 Å². The molecule has 2 rings (SSSR count). The lowest BCUT2D eigenvalue weighted by Crippen LogP contribution is -2.46. The lowest BCUT2D eigenvalue weighted by molar-refractivity contribution is -0.120. The zero-order valence-corrected chi connectivity index (χ0v) is 10.8. The Morgan fingerprint density at radius 3 is 2.94 bits per heavy atom. The van der Waals surface area contributed by atoms with Crippen molar-refractivity contribution >= 4 is 11.6 Å². The summed E-state index contributed by atoms with van der Waals surface area (Å²) in [6.07, 6.45) is 1.63. The summed E-state index contributed by atoms with van der Waals surface area (Å²) < 4.78 is 13.3. The van der Waals surface area contributed by atoms with Gasteiger partial charge in [-0.15, -0.1) is 0 Å². The molecule has 0 saturated heterocycles. The first kappa shape index (κ1) is 13.0. The molecule has 0 bridgehead atoms. The molecule has 18 heavy (non-hydrogen) atoms. The van der Waals surface area contributed by atoms with Gasteiger partial charge in [0, 0.05) is 12.2 Å². The van der Waals surface area contributed by atoms with Crippen LogP contribution >= 0.6 is 0 Å². The summed E-state index contributed by atoms with van der Waals surface area (Å²) in [6.45, 7) is 4.57. The van der Waals surface area contributed by atoms with Crippen LogP contribution in [-0.2, 0) is 11.2 Å². The van der Waals surface area contributed by atoms with Crippen molar-refractivity contribution in [2.24, 2.45) is 11.7 Å². The number of anilines is 1. The van der Waals surface area contributed by atoms with Gasteiger partial charge in [0.1, 0.15) is 5.82 Å². The summed E-state index contributed by atoms with van der Waals surface area (Å²) in [5, 5.41) is 0. The van der Waals surface area contributed by atoms with Crippen LogP contribution in [0.15, 0.2) is 18.2 Å². The maximum atomic E-state index is 13.3. The number of nitrogens with zero attached hydrogens (tertiary/aromatic N) is 1. The van der Waals surface area contributed by atoms with Crippen molar-refractivity contribution in [3.63, 3.8) is 0 Å². The standard InChI is InChI=1S/C14H19FN2O/c1-3-9(2)13(16)14(18)17-7-6-10-4-5-11(15)8-12(10)17/h4-5,8-9,13H,3,6-7,16H2,1-2H3/t9-,13-/m0/s1. The minimum atomic E-state index is -0.510. The Morgan fingerprint density at radius 2 is 2.28 bits per heavy atom. The van der Waals surface area contributed by atoms with E-state index >= 15 is 0 Å². The average Bonchev–Trinajstić information content (AvgIpc) is 2.78. The minimum Gasteiger partial charge on any atom is -0.320 e. The highest BCUT2D eigenvalue weighted by molar-refractivity contribution is 5.99. The van der Waals surface area contributed by atoms with Gasteiger partial charge >= 0.3 is 0 Å². The Kier molecular flexibility index (Phi) is 3.66. The second-order valence-electron chi connectivity index (χ2n) is 4.92. The molecule has 2 atom stereocenters. The molecule has 98 valence electrons. The van der Waals surface area contributed by atoms with Crippen molar-refractivity contribution in [1.82, 2.24) is 0 Å². The van der Waals surface area contributed by atoms with Gasteiger partial charge in [-0.1, -0.05) is 26.3 Å². The SMILES string of the molecule is CC[C@H](C)[C@H](N)C(=O)N1CCc2ccc(F)cc21. The molecule has 0 radical (unpaired) electrons. The van der Waals surface area contributed by atoms with Gasteiger partial charge in [0.05, 0.1) is 6.04 Å². The van der Waals surface area contributed by atoms with Gasteiger partial charge in [-0.25, -0.2) is 4.39 Å². The Bertz CT molecular complexity index is 461. The van der Waals surface area contributed by atoms with Gasteiger partial charge in [0.15, 0.2) is 0 Å². The van der Waals surface area contributed by atoms with Crippen LogP contribution < -0.4 is 10.6 Å². The van der Waals surface area contributed by atoms with E-state index in [4.69, 9.17) is 5.73 Å². The van der Waals surface area contributed by atoms with Crippen LogP contribution in [0.3, 0.4) is 0 Å². The zero-order chi connectivity index (χ0) is 13.3.